The van der Waals surface area contributed by atoms with Gasteiger partial charge in [0.05, 0.1) is 12.2 Å². The van der Waals surface area contributed by atoms with E-state index in [2.05, 4.69) is 42.5 Å². The van der Waals surface area contributed by atoms with Gasteiger partial charge < -0.3 is 9.94 Å². The highest BCUT2D eigenvalue weighted by atomic mass is 32.2. The van der Waals surface area contributed by atoms with Crippen molar-refractivity contribution in [2.45, 2.75) is 30.1 Å². The average Bonchev–Trinajstić information content (AvgIpc) is 3.10. The molecule has 0 N–H and O–H groups in total. The lowest BCUT2D eigenvalue weighted by molar-refractivity contribution is -0.645. The number of benzene rings is 2. The molecule has 2 atom stereocenters. The Hall–Kier alpha value is -2.04. The first-order valence-corrected chi connectivity index (χ1v) is 9.23. The molecule has 0 spiro atoms. The Kier molecular flexibility index (Phi) is 4.41. The first kappa shape index (κ1) is 15.5. The second-order valence-corrected chi connectivity index (χ2v) is 7.15. The zero-order chi connectivity index (χ0) is 16.4. The van der Waals surface area contributed by atoms with Crippen LogP contribution < -0.4 is 4.73 Å². The molecule has 2 aromatic carbocycles. The van der Waals surface area contributed by atoms with Crippen LogP contribution in [0.3, 0.4) is 0 Å². The van der Waals surface area contributed by atoms with Crippen molar-refractivity contribution in [3.8, 4) is 0 Å². The summed E-state index contributed by atoms with van der Waals surface area (Å²) in [5, 5.41) is 14.9. The van der Waals surface area contributed by atoms with Crippen molar-refractivity contribution < 1.29 is 9.47 Å². The normalized spacial score (nSPS) is 20.5. The van der Waals surface area contributed by atoms with E-state index in [0.29, 0.717) is 0 Å². The quantitative estimate of drug-likeness (QED) is 0.400. The van der Waals surface area contributed by atoms with Gasteiger partial charge in [0.1, 0.15) is 0 Å². The monoisotopic (exact) mass is 337 g/mol. The predicted octanol–water partition coefficient (Wildman–Crippen LogP) is 4.49. The van der Waals surface area contributed by atoms with Gasteiger partial charge in [0.2, 0.25) is 0 Å². The topological polar surface area (TPSA) is 36.2 Å². The Morgan fingerprint density at radius 3 is 2.71 bits per heavy atom. The van der Waals surface area contributed by atoms with E-state index in [1.165, 1.54) is 22.5 Å². The van der Waals surface area contributed by atoms with Crippen LogP contribution in [0.5, 0.6) is 0 Å². The van der Waals surface area contributed by atoms with E-state index in [4.69, 9.17) is 4.74 Å². The third-order valence-corrected chi connectivity index (χ3v) is 5.61. The summed E-state index contributed by atoms with van der Waals surface area (Å²) in [7, 11) is 0. The molecule has 4 heteroatoms. The molecule has 3 aromatic rings. The van der Waals surface area contributed by atoms with Crippen molar-refractivity contribution in [2.75, 3.05) is 5.75 Å². The van der Waals surface area contributed by atoms with Crippen molar-refractivity contribution in [2.24, 2.45) is 0 Å². The van der Waals surface area contributed by atoms with Crippen molar-refractivity contribution in [3.05, 3.63) is 77.6 Å². The second kappa shape index (κ2) is 6.83. The molecular formula is C20H19NO2S. The largest absolute Gasteiger partial charge is 0.618 e. The maximum absolute atomic E-state index is 11.7. The number of rotatable bonds is 4. The van der Waals surface area contributed by atoms with E-state index in [0.717, 1.165) is 28.4 Å². The number of ether oxygens (including phenoxy) is 1. The SMILES string of the molecule is [O-][n+]1ccccc1SC[C@@H]1CC[C@@H](c2ccc3ccccc3c2)O1. The number of nitrogens with zero attached hydrogens (tertiary/aromatic N) is 1. The van der Waals surface area contributed by atoms with Crippen LogP contribution in [0.2, 0.25) is 0 Å². The molecule has 1 fully saturated rings. The highest BCUT2D eigenvalue weighted by molar-refractivity contribution is 7.99. The van der Waals surface area contributed by atoms with Crippen LogP contribution in [-0.2, 0) is 4.74 Å². The number of hydrogen-bond donors (Lipinski definition) is 0. The Morgan fingerprint density at radius 2 is 1.83 bits per heavy atom. The fraction of sp³-hybridized carbons (Fsp3) is 0.250. The Balaban J connectivity index is 1.41. The van der Waals surface area contributed by atoms with Crippen LogP contribution in [0.25, 0.3) is 10.8 Å². The molecule has 4 rings (SSSR count). The van der Waals surface area contributed by atoms with Gasteiger partial charge in [-0.15, -0.1) is 0 Å². The molecule has 0 unspecified atom stereocenters. The number of aromatic nitrogens is 1. The van der Waals surface area contributed by atoms with E-state index in [-0.39, 0.29) is 12.2 Å². The average molecular weight is 337 g/mol. The number of fused-ring (bicyclic) bond motifs is 1. The van der Waals surface area contributed by atoms with Gasteiger partial charge in [-0.3, -0.25) is 0 Å². The maximum atomic E-state index is 11.7. The van der Waals surface area contributed by atoms with E-state index in [1.54, 1.807) is 17.8 Å². The standard InChI is InChI=1S/C20H19NO2S/c22-21-12-4-3-7-20(21)24-14-18-10-11-19(23-18)17-9-8-15-5-1-2-6-16(15)13-17/h1-9,12-13,18-19H,10-11,14H2/t18-,19-/m0/s1. The van der Waals surface area contributed by atoms with E-state index in [9.17, 15) is 5.21 Å². The summed E-state index contributed by atoms with van der Waals surface area (Å²) in [6.07, 6.45) is 3.98. The lowest BCUT2D eigenvalue weighted by Crippen LogP contribution is -2.28. The first-order chi connectivity index (χ1) is 11.8. The summed E-state index contributed by atoms with van der Waals surface area (Å²) < 4.78 is 7.14. The summed E-state index contributed by atoms with van der Waals surface area (Å²) in [4.78, 5) is 0. The maximum Gasteiger partial charge on any atom is 0.251 e. The van der Waals surface area contributed by atoms with E-state index >= 15 is 0 Å². The minimum atomic E-state index is 0.162. The van der Waals surface area contributed by atoms with Crippen molar-refractivity contribution in [1.29, 1.82) is 0 Å². The minimum absolute atomic E-state index is 0.162. The molecule has 0 aliphatic carbocycles. The summed E-state index contributed by atoms with van der Waals surface area (Å²) in [5.74, 6) is 0.816. The molecule has 3 nitrogen and oxygen atoms in total. The Labute approximate surface area is 145 Å². The molecule has 0 saturated carbocycles. The highest BCUT2D eigenvalue weighted by Gasteiger charge is 2.27. The molecule has 1 aromatic heterocycles. The van der Waals surface area contributed by atoms with E-state index in [1.807, 2.05) is 12.1 Å². The molecule has 122 valence electrons. The molecule has 1 aliphatic rings. The molecular weight excluding hydrogens is 318 g/mol. The van der Waals surface area contributed by atoms with Gasteiger partial charge >= 0.3 is 0 Å². The summed E-state index contributed by atoms with van der Waals surface area (Å²) in [5.41, 5.74) is 1.25. The molecule has 1 saturated heterocycles. The minimum Gasteiger partial charge on any atom is -0.618 e. The molecule has 2 heterocycles. The van der Waals surface area contributed by atoms with Gasteiger partial charge in [-0.2, -0.15) is 4.73 Å². The van der Waals surface area contributed by atoms with Gasteiger partial charge in [0.15, 0.2) is 6.20 Å². The van der Waals surface area contributed by atoms with Crippen LogP contribution in [-0.4, -0.2) is 11.9 Å². The highest BCUT2D eigenvalue weighted by Crippen LogP contribution is 2.35. The lowest BCUT2D eigenvalue weighted by atomic mass is 10.0. The summed E-state index contributed by atoms with van der Waals surface area (Å²) >= 11 is 1.57. The summed E-state index contributed by atoms with van der Waals surface area (Å²) in [6.45, 7) is 0. The lowest BCUT2D eigenvalue weighted by Gasteiger charge is -2.14. The van der Waals surface area contributed by atoms with Crippen LogP contribution >= 0.6 is 11.8 Å². The Bertz CT molecular complexity index is 852. The Morgan fingerprint density at radius 1 is 1.00 bits per heavy atom. The third-order valence-electron chi connectivity index (χ3n) is 4.46. The number of thioether (sulfide) groups is 1. The molecule has 0 radical (unpaired) electrons. The van der Waals surface area contributed by atoms with Crippen LogP contribution in [0.4, 0.5) is 0 Å². The van der Waals surface area contributed by atoms with Crippen LogP contribution in [0.1, 0.15) is 24.5 Å². The van der Waals surface area contributed by atoms with Gasteiger partial charge in [-0.05, 0) is 41.3 Å². The van der Waals surface area contributed by atoms with Crippen LogP contribution in [0.15, 0.2) is 71.9 Å². The fourth-order valence-electron chi connectivity index (χ4n) is 3.18. The predicted molar refractivity (Wildman–Crippen MR) is 96.9 cm³/mol. The fourth-order valence-corrected chi connectivity index (χ4v) is 4.15. The van der Waals surface area contributed by atoms with Crippen molar-refractivity contribution in [1.82, 2.24) is 0 Å². The van der Waals surface area contributed by atoms with Gasteiger partial charge in [0.25, 0.3) is 5.03 Å². The summed E-state index contributed by atoms with van der Waals surface area (Å²) in [6, 6.07) is 20.5. The smallest absolute Gasteiger partial charge is 0.251 e. The second-order valence-electron chi connectivity index (χ2n) is 6.11. The van der Waals surface area contributed by atoms with Gasteiger partial charge in [0, 0.05) is 17.9 Å². The molecule has 0 bridgehead atoms. The molecule has 1 aliphatic heterocycles. The third kappa shape index (κ3) is 3.25. The first-order valence-electron chi connectivity index (χ1n) is 8.25. The van der Waals surface area contributed by atoms with Crippen molar-refractivity contribution in [3.63, 3.8) is 0 Å². The number of pyridine rings is 1. The van der Waals surface area contributed by atoms with E-state index < -0.39 is 0 Å². The van der Waals surface area contributed by atoms with Gasteiger partial charge in [-0.25, -0.2) is 0 Å². The molecule has 24 heavy (non-hydrogen) atoms. The molecule has 0 amide bonds. The van der Waals surface area contributed by atoms with Gasteiger partial charge in [-0.1, -0.05) is 48.2 Å². The van der Waals surface area contributed by atoms with Crippen LogP contribution in [0, 0.1) is 5.21 Å². The number of hydrogen-bond acceptors (Lipinski definition) is 3. The van der Waals surface area contributed by atoms with Crippen molar-refractivity contribution >= 4 is 22.5 Å². The zero-order valence-electron chi connectivity index (χ0n) is 13.3. The zero-order valence-corrected chi connectivity index (χ0v) is 14.1.